The van der Waals surface area contributed by atoms with Crippen LogP contribution in [0.5, 0.6) is 17.2 Å². The summed E-state index contributed by atoms with van der Waals surface area (Å²) in [6.07, 6.45) is 0. The van der Waals surface area contributed by atoms with Crippen LogP contribution in [0.3, 0.4) is 0 Å². The van der Waals surface area contributed by atoms with E-state index in [0.717, 1.165) is 0 Å². The Morgan fingerprint density at radius 3 is 2.52 bits per heavy atom. The molecule has 1 saturated heterocycles. The molecule has 0 saturated carbocycles. The quantitative estimate of drug-likeness (QED) is 0.578. The Labute approximate surface area is 181 Å². The van der Waals surface area contributed by atoms with Crippen LogP contribution in [0.2, 0.25) is 0 Å². The van der Waals surface area contributed by atoms with E-state index in [2.05, 4.69) is 4.72 Å². The second-order valence-electron chi connectivity index (χ2n) is 6.69. The number of nitrogens with one attached hydrogen (secondary N) is 1. The van der Waals surface area contributed by atoms with Crippen molar-refractivity contribution in [2.24, 2.45) is 0 Å². The maximum absolute atomic E-state index is 12.9. The maximum atomic E-state index is 12.9. The van der Waals surface area contributed by atoms with E-state index in [-0.39, 0.29) is 29.5 Å². The molecule has 1 fully saturated rings. The summed E-state index contributed by atoms with van der Waals surface area (Å²) in [5.41, 5.74) is 0.194. The summed E-state index contributed by atoms with van der Waals surface area (Å²) in [6.45, 7) is 1.96. The largest absolute Gasteiger partial charge is 0.497 e. The summed E-state index contributed by atoms with van der Waals surface area (Å²) in [7, 11) is -0.851. The second-order valence-corrected chi connectivity index (χ2v) is 8.46. The summed E-state index contributed by atoms with van der Waals surface area (Å²) in [5, 5.41) is 0. The van der Waals surface area contributed by atoms with Gasteiger partial charge in [0.15, 0.2) is 0 Å². The van der Waals surface area contributed by atoms with Crippen molar-refractivity contribution in [3.05, 3.63) is 48.0 Å². The fraction of sp³-hybridized carbons (Fsp3) is 0.381. The number of carbonyl (C=O) groups is 1. The first-order valence-electron chi connectivity index (χ1n) is 9.76. The zero-order valence-corrected chi connectivity index (χ0v) is 18.3. The lowest BCUT2D eigenvalue weighted by Gasteiger charge is -2.27. The monoisotopic (exact) mass is 450 g/mol. The number of amides is 1. The molecule has 0 atom stereocenters. The van der Waals surface area contributed by atoms with E-state index < -0.39 is 10.0 Å². The summed E-state index contributed by atoms with van der Waals surface area (Å²) >= 11 is 0. The zero-order chi connectivity index (χ0) is 22.3. The number of morpholine rings is 1. The SMILES string of the molecule is COc1cccc(OCCNS(=O)(=O)c2ccc(OC)c(C(=O)N3CCOCC3)c2)c1. The lowest BCUT2D eigenvalue weighted by Crippen LogP contribution is -2.40. The molecule has 1 aliphatic rings. The van der Waals surface area contributed by atoms with Gasteiger partial charge in [-0.05, 0) is 30.3 Å². The number of benzene rings is 2. The van der Waals surface area contributed by atoms with Gasteiger partial charge in [-0.25, -0.2) is 13.1 Å². The number of hydrogen-bond acceptors (Lipinski definition) is 7. The van der Waals surface area contributed by atoms with E-state index in [9.17, 15) is 13.2 Å². The van der Waals surface area contributed by atoms with Gasteiger partial charge in [0.25, 0.3) is 5.91 Å². The molecule has 1 aliphatic heterocycles. The lowest BCUT2D eigenvalue weighted by molar-refractivity contribution is 0.0300. The molecule has 0 unspecified atom stereocenters. The fourth-order valence-electron chi connectivity index (χ4n) is 3.08. The first-order chi connectivity index (χ1) is 14.9. The molecule has 1 heterocycles. The number of sulfonamides is 1. The Kier molecular flexibility index (Phi) is 7.72. The predicted molar refractivity (Wildman–Crippen MR) is 113 cm³/mol. The lowest BCUT2D eigenvalue weighted by atomic mass is 10.1. The van der Waals surface area contributed by atoms with Gasteiger partial charge in [-0.1, -0.05) is 6.07 Å². The first kappa shape index (κ1) is 22.9. The third-order valence-corrected chi connectivity index (χ3v) is 6.17. The molecule has 31 heavy (non-hydrogen) atoms. The summed E-state index contributed by atoms with van der Waals surface area (Å²) in [4.78, 5) is 14.5. The molecule has 3 rings (SSSR count). The standard InChI is InChI=1S/C21H26N2O7S/c1-27-16-4-3-5-17(14-16)30-11-8-22-31(25,26)18-6-7-20(28-2)19(15-18)21(24)23-9-12-29-13-10-23/h3-7,14-15,22H,8-13H2,1-2H3. The topological polar surface area (TPSA) is 103 Å². The zero-order valence-electron chi connectivity index (χ0n) is 17.5. The van der Waals surface area contributed by atoms with Crippen LogP contribution in [0.1, 0.15) is 10.4 Å². The van der Waals surface area contributed by atoms with Crippen LogP contribution in [0, 0.1) is 0 Å². The van der Waals surface area contributed by atoms with Crippen molar-refractivity contribution in [1.82, 2.24) is 9.62 Å². The van der Waals surface area contributed by atoms with Crippen LogP contribution >= 0.6 is 0 Å². The third-order valence-electron chi connectivity index (χ3n) is 4.71. The van der Waals surface area contributed by atoms with E-state index in [4.69, 9.17) is 18.9 Å². The van der Waals surface area contributed by atoms with Gasteiger partial charge >= 0.3 is 0 Å². The molecule has 2 aromatic carbocycles. The van der Waals surface area contributed by atoms with Crippen LogP contribution < -0.4 is 18.9 Å². The summed E-state index contributed by atoms with van der Waals surface area (Å²) in [6, 6.07) is 11.3. The number of carbonyl (C=O) groups excluding carboxylic acids is 1. The first-order valence-corrected chi connectivity index (χ1v) is 11.2. The van der Waals surface area contributed by atoms with Crippen molar-refractivity contribution in [2.45, 2.75) is 4.90 Å². The van der Waals surface area contributed by atoms with Gasteiger partial charge in [-0.3, -0.25) is 4.79 Å². The number of hydrogen-bond donors (Lipinski definition) is 1. The van der Waals surface area contributed by atoms with E-state index in [1.54, 1.807) is 36.3 Å². The van der Waals surface area contributed by atoms with Gasteiger partial charge in [0.1, 0.15) is 23.9 Å². The Balaban J connectivity index is 1.66. The van der Waals surface area contributed by atoms with Crippen LogP contribution in [-0.4, -0.2) is 72.9 Å². The molecule has 2 aromatic rings. The molecule has 10 heteroatoms. The highest BCUT2D eigenvalue weighted by atomic mass is 32.2. The highest BCUT2D eigenvalue weighted by molar-refractivity contribution is 7.89. The number of methoxy groups -OCH3 is 2. The molecule has 0 spiro atoms. The Morgan fingerprint density at radius 1 is 1.06 bits per heavy atom. The predicted octanol–water partition coefficient (Wildman–Crippen LogP) is 1.53. The molecular formula is C21H26N2O7S. The fourth-order valence-corrected chi connectivity index (χ4v) is 4.12. The second kappa shape index (κ2) is 10.5. The molecule has 0 bridgehead atoms. The maximum Gasteiger partial charge on any atom is 0.257 e. The minimum Gasteiger partial charge on any atom is -0.497 e. The minimum atomic E-state index is -3.84. The van der Waals surface area contributed by atoms with Crippen molar-refractivity contribution in [1.29, 1.82) is 0 Å². The molecule has 0 radical (unpaired) electrons. The molecular weight excluding hydrogens is 424 g/mol. The van der Waals surface area contributed by atoms with Gasteiger partial charge in [0, 0.05) is 25.7 Å². The Bertz CT molecular complexity index is 1000. The average Bonchev–Trinajstić information content (AvgIpc) is 2.81. The van der Waals surface area contributed by atoms with Crippen LogP contribution in [-0.2, 0) is 14.8 Å². The van der Waals surface area contributed by atoms with Gasteiger partial charge in [0.05, 0.1) is 37.9 Å². The highest BCUT2D eigenvalue weighted by Crippen LogP contribution is 2.24. The smallest absolute Gasteiger partial charge is 0.257 e. The molecule has 9 nitrogen and oxygen atoms in total. The van der Waals surface area contributed by atoms with E-state index in [0.29, 0.717) is 43.6 Å². The Hall–Kier alpha value is -2.82. The summed E-state index contributed by atoms with van der Waals surface area (Å²) in [5.74, 6) is 1.24. The number of nitrogens with zero attached hydrogens (tertiary/aromatic N) is 1. The van der Waals surface area contributed by atoms with Gasteiger partial charge in [0.2, 0.25) is 10.0 Å². The van der Waals surface area contributed by atoms with Gasteiger partial charge < -0.3 is 23.8 Å². The van der Waals surface area contributed by atoms with Crippen molar-refractivity contribution >= 4 is 15.9 Å². The van der Waals surface area contributed by atoms with Crippen molar-refractivity contribution in [3.63, 3.8) is 0 Å². The molecule has 1 N–H and O–H groups in total. The van der Waals surface area contributed by atoms with Crippen LogP contribution in [0.15, 0.2) is 47.4 Å². The van der Waals surface area contributed by atoms with E-state index in [1.807, 2.05) is 0 Å². The molecule has 168 valence electrons. The van der Waals surface area contributed by atoms with Crippen molar-refractivity contribution < 1.29 is 32.2 Å². The van der Waals surface area contributed by atoms with Crippen molar-refractivity contribution in [2.75, 3.05) is 53.7 Å². The normalized spacial score (nSPS) is 14.2. The molecule has 0 aliphatic carbocycles. The van der Waals surface area contributed by atoms with Gasteiger partial charge in [-0.2, -0.15) is 0 Å². The molecule has 0 aromatic heterocycles. The van der Waals surface area contributed by atoms with E-state index >= 15 is 0 Å². The average molecular weight is 451 g/mol. The number of ether oxygens (including phenoxy) is 4. The van der Waals surface area contributed by atoms with Crippen molar-refractivity contribution in [3.8, 4) is 17.2 Å². The van der Waals surface area contributed by atoms with Crippen LogP contribution in [0.4, 0.5) is 0 Å². The Morgan fingerprint density at radius 2 is 1.81 bits per heavy atom. The molecule has 1 amide bonds. The highest BCUT2D eigenvalue weighted by Gasteiger charge is 2.24. The minimum absolute atomic E-state index is 0.0220. The third kappa shape index (κ3) is 5.87. The van der Waals surface area contributed by atoms with E-state index in [1.165, 1.54) is 25.3 Å². The number of rotatable bonds is 9. The van der Waals surface area contributed by atoms with Crippen LogP contribution in [0.25, 0.3) is 0 Å². The van der Waals surface area contributed by atoms with Gasteiger partial charge in [-0.15, -0.1) is 0 Å². The summed E-state index contributed by atoms with van der Waals surface area (Å²) < 4.78 is 49.2.